The Labute approximate surface area is 155 Å². The van der Waals surface area contributed by atoms with E-state index in [2.05, 4.69) is 5.32 Å². The van der Waals surface area contributed by atoms with Gasteiger partial charge in [-0.1, -0.05) is 24.6 Å². The van der Waals surface area contributed by atoms with Crippen LogP contribution >= 0.6 is 0 Å². The van der Waals surface area contributed by atoms with Crippen molar-refractivity contribution < 1.29 is 27.5 Å². The van der Waals surface area contributed by atoms with Crippen LogP contribution in [0.5, 0.6) is 5.75 Å². The lowest BCUT2D eigenvalue weighted by Crippen LogP contribution is -2.55. The molecule has 2 heterocycles. The van der Waals surface area contributed by atoms with Gasteiger partial charge >= 0.3 is 6.18 Å². The van der Waals surface area contributed by atoms with Gasteiger partial charge in [-0.05, 0) is 32.3 Å². The quantitative estimate of drug-likeness (QED) is 0.787. The molecule has 2 aliphatic heterocycles. The van der Waals surface area contributed by atoms with Crippen molar-refractivity contribution in [2.45, 2.75) is 63.9 Å². The van der Waals surface area contributed by atoms with E-state index < -0.39 is 30.0 Å². The lowest BCUT2D eigenvalue weighted by atomic mass is 9.90. The van der Waals surface area contributed by atoms with Crippen LogP contribution in [0.3, 0.4) is 0 Å². The number of halogens is 3. The summed E-state index contributed by atoms with van der Waals surface area (Å²) in [5.41, 5.74) is 1.84. The molecule has 1 aromatic carbocycles. The number of nitrogens with one attached hydrogen (secondary N) is 2. The fourth-order valence-electron chi connectivity index (χ4n) is 3.63. The molecule has 4 unspecified atom stereocenters. The standard InChI is InChI=1S/C19H23F3N2O3/c1-3-11-9-14(13-8-10(2)4-6-15(13)27-11)23-17(25)12-5-7-16(19(20,21)22)24-18(12)26/h4,6,8,11-12,14,16H,3,5,7,9H2,1-2H3,(H,23,25)(H,24,26). The minimum Gasteiger partial charge on any atom is -0.490 e. The highest BCUT2D eigenvalue weighted by molar-refractivity contribution is 6.01. The van der Waals surface area contributed by atoms with Crippen molar-refractivity contribution in [1.29, 1.82) is 0 Å². The van der Waals surface area contributed by atoms with Crippen LogP contribution in [0.1, 0.15) is 49.8 Å². The van der Waals surface area contributed by atoms with Gasteiger partial charge in [-0.2, -0.15) is 13.2 Å². The Hall–Kier alpha value is -2.25. The fraction of sp³-hybridized carbons (Fsp3) is 0.579. The predicted molar refractivity (Wildman–Crippen MR) is 92.1 cm³/mol. The van der Waals surface area contributed by atoms with E-state index in [1.807, 2.05) is 37.4 Å². The lowest BCUT2D eigenvalue weighted by Gasteiger charge is -2.34. The summed E-state index contributed by atoms with van der Waals surface area (Å²) in [5.74, 6) is -1.83. The SMILES string of the molecule is CCC1CC(NC(=O)C2CCC(C(F)(F)F)NC2=O)c2cc(C)ccc2O1. The Morgan fingerprint density at radius 1 is 1.33 bits per heavy atom. The predicted octanol–water partition coefficient (Wildman–Crippen LogP) is 3.17. The summed E-state index contributed by atoms with van der Waals surface area (Å²) in [7, 11) is 0. The Kier molecular flexibility index (Phi) is 5.35. The van der Waals surface area contributed by atoms with E-state index in [1.165, 1.54) is 0 Å². The topological polar surface area (TPSA) is 67.4 Å². The summed E-state index contributed by atoms with van der Waals surface area (Å²) in [4.78, 5) is 24.7. The van der Waals surface area contributed by atoms with Gasteiger partial charge < -0.3 is 15.4 Å². The van der Waals surface area contributed by atoms with Gasteiger partial charge in [-0.15, -0.1) is 0 Å². The van der Waals surface area contributed by atoms with Gasteiger partial charge in [0.15, 0.2) is 0 Å². The second-order valence-corrected chi connectivity index (χ2v) is 7.22. The molecule has 0 aromatic heterocycles. The van der Waals surface area contributed by atoms with E-state index in [-0.39, 0.29) is 25.0 Å². The van der Waals surface area contributed by atoms with Crippen LogP contribution in [-0.2, 0) is 9.59 Å². The molecule has 1 saturated heterocycles. The van der Waals surface area contributed by atoms with E-state index in [0.29, 0.717) is 12.2 Å². The highest BCUT2D eigenvalue weighted by atomic mass is 19.4. The van der Waals surface area contributed by atoms with Gasteiger partial charge in [0.1, 0.15) is 23.8 Å². The number of carbonyl (C=O) groups is 2. The Balaban J connectivity index is 1.73. The number of amides is 2. The maximum atomic E-state index is 12.8. The maximum absolute atomic E-state index is 12.8. The second kappa shape index (κ2) is 7.40. The molecule has 8 heteroatoms. The minimum atomic E-state index is -4.50. The first-order valence-electron chi connectivity index (χ1n) is 9.13. The number of fused-ring (bicyclic) bond motifs is 1. The van der Waals surface area contributed by atoms with Crippen molar-refractivity contribution in [2.75, 3.05) is 0 Å². The molecule has 2 aliphatic rings. The minimum absolute atomic E-state index is 0.0692. The molecular weight excluding hydrogens is 361 g/mol. The number of hydrogen-bond donors (Lipinski definition) is 2. The van der Waals surface area contributed by atoms with Crippen molar-refractivity contribution in [2.24, 2.45) is 5.92 Å². The van der Waals surface area contributed by atoms with Crippen molar-refractivity contribution in [3.63, 3.8) is 0 Å². The first kappa shape index (κ1) is 19.5. The molecule has 2 N–H and O–H groups in total. The third kappa shape index (κ3) is 4.20. The van der Waals surface area contributed by atoms with E-state index in [0.717, 1.165) is 17.5 Å². The maximum Gasteiger partial charge on any atom is 0.408 e. The van der Waals surface area contributed by atoms with Crippen LogP contribution in [0.25, 0.3) is 0 Å². The first-order chi connectivity index (χ1) is 12.7. The highest BCUT2D eigenvalue weighted by Gasteiger charge is 2.46. The smallest absolute Gasteiger partial charge is 0.408 e. The molecule has 3 rings (SSSR count). The molecule has 0 aliphatic carbocycles. The summed E-state index contributed by atoms with van der Waals surface area (Å²) < 4.78 is 44.2. The number of hydrogen-bond acceptors (Lipinski definition) is 3. The molecule has 1 aromatic rings. The van der Waals surface area contributed by atoms with Crippen molar-refractivity contribution in [3.05, 3.63) is 29.3 Å². The van der Waals surface area contributed by atoms with Crippen LogP contribution in [0.2, 0.25) is 0 Å². The van der Waals surface area contributed by atoms with Gasteiger partial charge in [0.05, 0.1) is 6.04 Å². The summed E-state index contributed by atoms with van der Waals surface area (Å²) in [6.07, 6.45) is -3.67. The third-order valence-corrected chi connectivity index (χ3v) is 5.19. The number of ether oxygens (including phenoxy) is 1. The number of rotatable bonds is 3. The van der Waals surface area contributed by atoms with Crippen LogP contribution in [-0.4, -0.2) is 30.1 Å². The number of aryl methyl sites for hydroxylation is 1. The van der Waals surface area contributed by atoms with Gasteiger partial charge in [-0.3, -0.25) is 9.59 Å². The molecule has 5 nitrogen and oxygen atoms in total. The largest absolute Gasteiger partial charge is 0.490 e. The van der Waals surface area contributed by atoms with Gasteiger partial charge in [0, 0.05) is 12.0 Å². The zero-order valence-electron chi connectivity index (χ0n) is 15.2. The molecule has 0 saturated carbocycles. The number of benzene rings is 1. The number of piperidine rings is 1. The molecule has 27 heavy (non-hydrogen) atoms. The van der Waals surface area contributed by atoms with Gasteiger partial charge in [0.2, 0.25) is 11.8 Å². The van der Waals surface area contributed by atoms with Crippen molar-refractivity contribution in [3.8, 4) is 5.75 Å². The molecule has 0 spiro atoms. The van der Waals surface area contributed by atoms with Crippen LogP contribution < -0.4 is 15.4 Å². The van der Waals surface area contributed by atoms with Crippen LogP contribution in [0.4, 0.5) is 13.2 Å². The van der Waals surface area contributed by atoms with Gasteiger partial charge in [-0.25, -0.2) is 0 Å². The Bertz CT molecular complexity index is 735. The molecule has 4 atom stereocenters. The molecule has 0 bridgehead atoms. The van der Waals surface area contributed by atoms with Gasteiger partial charge in [0.25, 0.3) is 0 Å². The van der Waals surface area contributed by atoms with Crippen molar-refractivity contribution in [1.82, 2.24) is 10.6 Å². The average molecular weight is 384 g/mol. The lowest BCUT2D eigenvalue weighted by molar-refractivity contribution is -0.171. The number of carbonyl (C=O) groups excluding carboxylic acids is 2. The molecule has 0 radical (unpaired) electrons. The molecule has 1 fully saturated rings. The van der Waals surface area contributed by atoms with Crippen LogP contribution in [0.15, 0.2) is 18.2 Å². The molecule has 148 valence electrons. The molecule has 2 amide bonds. The van der Waals surface area contributed by atoms with Crippen LogP contribution in [0, 0.1) is 12.8 Å². The zero-order chi connectivity index (χ0) is 19.8. The normalized spacial score (nSPS) is 28.0. The van der Waals surface area contributed by atoms with E-state index in [9.17, 15) is 22.8 Å². The fourth-order valence-corrected chi connectivity index (χ4v) is 3.63. The summed E-state index contributed by atoms with van der Waals surface area (Å²) >= 11 is 0. The van der Waals surface area contributed by atoms with E-state index >= 15 is 0 Å². The molecular formula is C19H23F3N2O3. The summed E-state index contributed by atoms with van der Waals surface area (Å²) in [6, 6.07) is 3.48. The van der Waals surface area contributed by atoms with E-state index in [4.69, 9.17) is 4.74 Å². The average Bonchev–Trinajstić information content (AvgIpc) is 2.60. The monoisotopic (exact) mass is 384 g/mol. The Morgan fingerprint density at radius 3 is 2.70 bits per heavy atom. The highest BCUT2D eigenvalue weighted by Crippen LogP contribution is 2.37. The Morgan fingerprint density at radius 2 is 2.07 bits per heavy atom. The number of alkyl halides is 3. The summed E-state index contributed by atoms with van der Waals surface area (Å²) in [6.45, 7) is 3.91. The third-order valence-electron chi connectivity index (χ3n) is 5.19. The van der Waals surface area contributed by atoms with E-state index in [1.54, 1.807) is 0 Å². The zero-order valence-corrected chi connectivity index (χ0v) is 15.2. The summed E-state index contributed by atoms with van der Waals surface area (Å²) in [5, 5.41) is 4.78. The second-order valence-electron chi connectivity index (χ2n) is 7.22. The van der Waals surface area contributed by atoms with Crippen molar-refractivity contribution >= 4 is 11.8 Å². The first-order valence-corrected chi connectivity index (χ1v) is 9.13.